The Morgan fingerprint density at radius 3 is 2.03 bits per heavy atom. The minimum absolute atomic E-state index is 0.0304. The second kappa shape index (κ2) is 11.8. The molecule has 9 heteroatoms. The Hall–Kier alpha value is -2.71. The fourth-order valence-electron chi connectivity index (χ4n) is 4.43. The summed E-state index contributed by atoms with van der Waals surface area (Å²) in [4.78, 5) is 0. The third kappa shape index (κ3) is 7.15. The van der Waals surface area contributed by atoms with Gasteiger partial charge in [-0.1, -0.05) is 44.7 Å². The van der Waals surface area contributed by atoms with Crippen LogP contribution in [0, 0.1) is 23.5 Å². The van der Waals surface area contributed by atoms with Gasteiger partial charge in [0.1, 0.15) is 23.1 Å². The summed E-state index contributed by atoms with van der Waals surface area (Å²) in [6.07, 6.45) is 0.0202. The maximum absolute atomic E-state index is 14.8. The van der Waals surface area contributed by atoms with E-state index in [1.54, 1.807) is 0 Å². The predicted molar refractivity (Wildman–Crippen MR) is 118 cm³/mol. The third-order valence-corrected chi connectivity index (χ3v) is 6.31. The molecule has 1 aliphatic rings. The molecular weight excluding hydrogens is 477 g/mol. The number of unbranched alkanes of at least 4 members (excludes halogenated alkanes) is 2. The van der Waals surface area contributed by atoms with E-state index in [2.05, 4.69) is 11.7 Å². The Balaban J connectivity index is 1.67. The van der Waals surface area contributed by atoms with E-state index in [1.165, 1.54) is 0 Å². The van der Waals surface area contributed by atoms with Crippen LogP contribution in [0.3, 0.4) is 0 Å². The minimum Gasteiger partial charge on any atom is -0.432 e. The smallest absolute Gasteiger partial charge is 0.400 e. The molecule has 1 aliphatic carbocycles. The van der Waals surface area contributed by atoms with E-state index in [0.717, 1.165) is 49.9 Å². The zero-order valence-electron chi connectivity index (χ0n) is 19.2. The Labute approximate surface area is 199 Å². The summed E-state index contributed by atoms with van der Waals surface area (Å²) < 4.78 is 105. The highest BCUT2D eigenvalue weighted by Gasteiger charge is 2.44. The minimum atomic E-state index is -3.57. The van der Waals surface area contributed by atoms with Crippen LogP contribution in [-0.4, -0.2) is 6.11 Å². The lowest BCUT2D eigenvalue weighted by molar-refractivity contribution is -0.223. The van der Waals surface area contributed by atoms with Gasteiger partial charge in [0, 0.05) is 12.1 Å². The standard InChI is InChI=1S/C26H27F7O2/c1-2-3-4-5-16-6-10-18(11-7-16)26(32,33)35-20-14-21(27)23(22(28)15-20)17-8-12-19(13-9-17)34-25(31)24(29)30/h8-9,12-16,18H,2-7,10-11H2,1H3. The molecule has 0 saturated heterocycles. The van der Waals surface area contributed by atoms with Crippen LogP contribution in [0.1, 0.15) is 58.3 Å². The molecule has 0 bridgehead atoms. The molecular formula is C26H27F7O2. The summed E-state index contributed by atoms with van der Waals surface area (Å²) in [5.41, 5.74) is -0.565. The van der Waals surface area contributed by atoms with Crippen LogP contribution < -0.4 is 9.47 Å². The van der Waals surface area contributed by atoms with E-state index >= 15 is 0 Å². The summed E-state index contributed by atoms with van der Waals surface area (Å²) in [5, 5.41) is 0. The summed E-state index contributed by atoms with van der Waals surface area (Å²) >= 11 is 0. The predicted octanol–water partition coefficient (Wildman–Crippen LogP) is 9.40. The normalized spacial score (nSPS) is 18.3. The molecule has 2 nitrogen and oxygen atoms in total. The average Bonchev–Trinajstić information content (AvgIpc) is 2.80. The van der Waals surface area contributed by atoms with Crippen LogP contribution in [0.2, 0.25) is 0 Å². The summed E-state index contributed by atoms with van der Waals surface area (Å²) in [6.45, 7) is 2.11. The van der Waals surface area contributed by atoms with Crippen molar-refractivity contribution in [2.24, 2.45) is 11.8 Å². The fraction of sp³-hybridized carbons (Fsp3) is 0.462. The Morgan fingerprint density at radius 1 is 0.886 bits per heavy atom. The van der Waals surface area contributed by atoms with Gasteiger partial charge in [-0.3, -0.25) is 0 Å². The molecule has 0 spiro atoms. The van der Waals surface area contributed by atoms with Crippen LogP contribution in [-0.2, 0) is 0 Å². The number of benzene rings is 2. The van der Waals surface area contributed by atoms with E-state index in [1.807, 2.05) is 0 Å². The van der Waals surface area contributed by atoms with Crippen molar-refractivity contribution in [1.82, 2.24) is 0 Å². The highest BCUT2D eigenvalue weighted by molar-refractivity contribution is 5.66. The highest BCUT2D eigenvalue weighted by Crippen LogP contribution is 2.42. The van der Waals surface area contributed by atoms with Gasteiger partial charge in [0.2, 0.25) is 0 Å². The molecule has 192 valence electrons. The largest absolute Gasteiger partial charge is 0.432 e. The molecule has 1 saturated carbocycles. The third-order valence-electron chi connectivity index (χ3n) is 6.31. The van der Waals surface area contributed by atoms with Crippen molar-refractivity contribution in [3.05, 3.63) is 60.1 Å². The quantitative estimate of drug-likeness (QED) is 0.182. The van der Waals surface area contributed by atoms with Crippen molar-refractivity contribution >= 4 is 0 Å². The topological polar surface area (TPSA) is 18.5 Å². The monoisotopic (exact) mass is 504 g/mol. The lowest BCUT2D eigenvalue weighted by Crippen LogP contribution is -2.37. The van der Waals surface area contributed by atoms with Crippen molar-refractivity contribution in [1.29, 1.82) is 0 Å². The Bertz CT molecular complexity index is 986. The summed E-state index contributed by atoms with van der Waals surface area (Å²) in [5.74, 6) is -3.87. The first-order chi connectivity index (χ1) is 16.6. The first-order valence-corrected chi connectivity index (χ1v) is 11.7. The van der Waals surface area contributed by atoms with E-state index < -0.39 is 47.1 Å². The van der Waals surface area contributed by atoms with Crippen LogP contribution >= 0.6 is 0 Å². The maximum Gasteiger partial charge on any atom is 0.400 e. The SMILES string of the molecule is CCCCCC1CCC(C(F)(F)Oc2cc(F)c(-c3ccc(OC(F)=C(F)F)cc3)c(F)c2)CC1. The van der Waals surface area contributed by atoms with Crippen LogP contribution in [0.5, 0.6) is 11.5 Å². The highest BCUT2D eigenvalue weighted by atomic mass is 19.3. The van der Waals surface area contributed by atoms with E-state index in [9.17, 15) is 30.7 Å². The van der Waals surface area contributed by atoms with Gasteiger partial charge in [0.05, 0.1) is 11.5 Å². The number of hydrogen-bond donors (Lipinski definition) is 0. The summed E-state index contributed by atoms with van der Waals surface area (Å²) in [7, 11) is 0. The van der Waals surface area contributed by atoms with Gasteiger partial charge in [-0.25, -0.2) is 8.78 Å². The molecule has 0 unspecified atom stereocenters. The van der Waals surface area contributed by atoms with E-state index in [4.69, 9.17) is 4.74 Å². The van der Waals surface area contributed by atoms with Crippen LogP contribution in [0.4, 0.5) is 30.7 Å². The van der Waals surface area contributed by atoms with Crippen molar-refractivity contribution in [2.75, 3.05) is 0 Å². The van der Waals surface area contributed by atoms with Crippen molar-refractivity contribution in [3.63, 3.8) is 0 Å². The molecule has 0 aromatic heterocycles. The second-order valence-electron chi connectivity index (χ2n) is 8.80. The van der Waals surface area contributed by atoms with Crippen LogP contribution in [0.25, 0.3) is 11.1 Å². The lowest BCUT2D eigenvalue weighted by atomic mass is 9.79. The number of rotatable bonds is 10. The number of hydrogen-bond acceptors (Lipinski definition) is 2. The molecule has 35 heavy (non-hydrogen) atoms. The molecule has 0 heterocycles. The van der Waals surface area contributed by atoms with E-state index in [-0.39, 0.29) is 24.2 Å². The molecule has 0 radical (unpaired) electrons. The Kier molecular flexibility index (Phi) is 9.08. The number of ether oxygens (including phenoxy) is 2. The van der Waals surface area contributed by atoms with E-state index in [0.29, 0.717) is 30.9 Å². The van der Waals surface area contributed by atoms with Gasteiger partial charge in [0.25, 0.3) is 0 Å². The molecule has 0 N–H and O–H groups in total. The first kappa shape index (κ1) is 26.9. The molecule has 3 rings (SSSR count). The molecule has 0 atom stereocenters. The zero-order valence-corrected chi connectivity index (χ0v) is 19.2. The molecule has 2 aromatic carbocycles. The maximum atomic E-state index is 14.8. The van der Waals surface area contributed by atoms with Gasteiger partial charge in [-0.15, -0.1) is 0 Å². The zero-order chi connectivity index (χ0) is 25.6. The lowest BCUT2D eigenvalue weighted by Gasteiger charge is -2.33. The van der Waals surface area contributed by atoms with Crippen molar-refractivity contribution < 1.29 is 40.2 Å². The van der Waals surface area contributed by atoms with Crippen LogP contribution in [0.15, 0.2) is 48.5 Å². The number of halogens is 7. The van der Waals surface area contributed by atoms with Gasteiger partial charge >= 0.3 is 18.2 Å². The average molecular weight is 504 g/mol. The second-order valence-corrected chi connectivity index (χ2v) is 8.80. The molecule has 0 amide bonds. The van der Waals surface area contributed by atoms with Crippen molar-refractivity contribution in [3.8, 4) is 22.6 Å². The summed E-state index contributed by atoms with van der Waals surface area (Å²) in [6, 6.07) is 3.56. The van der Waals surface area contributed by atoms with Gasteiger partial charge in [-0.2, -0.15) is 22.0 Å². The van der Waals surface area contributed by atoms with Gasteiger partial charge in [-0.05, 0) is 49.3 Å². The molecule has 0 aliphatic heterocycles. The fourth-order valence-corrected chi connectivity index (χ4v) is 4.43. The first-order valence-electron chi connectivity index (χ1n) is 11.7. The van der Waals surface area contributed by atoms with Gasteiger partial charge in [0.15, 0.2) is 0 Å². The molecule has 1 fully saturated rings. The molecule has 2 aromatic rings. The van der Waals surface area contributed by atoms with Gasteiger partial charge < -0.3 is 9.47 Å². The Morgan fingerprint density at radius 2 is 1.49 bits per heavy atom. The van der Waals surface area contributed by atoms with Crippen molar-refractivity contribution in [2.45, 2.75) is 64.4 Å². The number of alkyl halides is 2.